The zero-order valence-corrected chi connectivity index (χ0v) is 10.2. The number of benzene rings is 1. The summed E-state index contributed by atoms with van der Waals surface area (Å²) in [7, 11) is 0. The molecule has 89 valence electrons. The van der Waals surface area contributed by atoms with E-state index in [0.717, 1.165) is 18.4 Å². The summed E-state index contributed by atoms with van der Waals surface area (Å²) < 4.78 is 5.20. The number of unbranched alkanes of at least 4 members (excludes halogenated alkanes) is 4. The molecule has 1 aliphatic heterocycles. The average molecular weight is 229 g/mol. The molecule has 0 fully saturated rings. The van der Waals surface area contributed by atoms with Gasteiger partial charge in [-0.25, -0.2) is 4.79 Å². The minimum absolute atomic E-state index is 0.253. The number of carbonyl (C=O) groups is 1. The van der Waals surface area contributed by atoms with Crippen LogP contribution in [0.2, 0.25) is 0 Å². The Hall–Kier alpha value is -1.57. The molecule has 0 saturated carbocycles. The number of esters is 1. The highest BCUT2D eigenvalue weighted by atomic mass is 16.5. The van der Waals surface area contributed by atoms with Gasteiger partial charge in [-0.15, -0.1) is 0 Å². The van der Waals surface area contributed by atoms with Crippen molar-refractivity contribution >= 4 is 11.7 Å². The van der Waals surface area contributed by atoms with Crippen LogP contribution in [0.1, 0.15) is 54.9 Å². The van der Waals surface area contributed by atoms with Crippen LogP contribution in [0.3, 0.4) is 0 Å². The van der Waals surface area contributed by atoms with Crippen LogP contribution in [0.25, 0.3) is 5.76 Å². The molecule has 1 radical (unpaired) electrons. The Balaban J connectivity index is 1.99. The van der Waals surface area contributed by atoms with Gasteiger partial charge in [-0.05, 0) is 18.9 Å². The lowest BCUT2D eigenvalue weighted by atomic mass is 10.1. The molecule has 1 aromatic rings. The fraction of sp³-hybridized carbons (Fsp3) is 0.400. The van der Waals surface area contributed by atoms with Gasteiger partial charge in [0.2, 0.25) is 0 Å². The Morgan fingerprint density at radius 2 is 1.88 bits per heavy atom. The maximum atomic E-state index is 11.5. The molecule has 17 heavy (non-hydrogen) atoms. The van der Waals surface area contributed by atoms with Crippen molar-refractivity contribution in [3.8, 4) is 0 Å². The maximum absolute atomic E-state index is 11.5. The minimum atomic E-state index is -0.253. The summed E-state index contributed by atoms with van der Waals surface area (Å²) in [5.41, 5.74) is 1.54. The van der Waals surface area contributed by atoms with Crippen molar-refractivity contribution in [2.45, 2.75) is 39.0 Å². The van der Waals surface area contributed by atoms with E-state index in [9.17, 15) is 4.79 Å². The van der Waals surface area contributed by atoms with Gasteiger partial charge in [-0.3, -0.25) is 0 Å². The Kier molecular flexibility index (Phi) is 3.97. The normalized spacial score (nSPS) is 16.1. The molecule has 0 unspecified atom stereocenters. The Morgan fingerprint density at radius 3 is 2.65 bits per heavy atom. The number of ether oxygens (including phenoxy) is 1. The molecule has 0 amide bonds. The molecule has 1 heterocycles. The molecule has 0 bridgehead atoms. The Labute approximate surface area is 102 Å². The molecule has 1 aliphatic rings. The molecule has 2 nitrogen and oxygen atoms in total. The van der Waals surface area contributed by atoms with Crippen LogP contribution in [0.5, 0.6) is 0 Å². The summed E-state index contributed by atoms with van der Waals surface area (Å²) in [4.78, 5) is 11.5. The molecule has 0 aromatic heterocycles. The molecule has 0 saturated heterocycles. The molecular formula is C15H17O2. The van der Waals surface area contributed by atoms with Gasteiger partial charge in [0, 0.05) is 11.6 Å². The lowest BCUT2D eigenvalue weighted by Gasteiger charge is -1.98. The highest BCUT2D eigenvalue weighted by Gasteiger charge is 2.25. The summed E-state index contributed by atoms with van der Waals surface area (Å²) in [5.74, 6) is 0.360. The van der Waals surface area contributed by atoms with Crippen molar-refractivity contribution in [2.24, 2.45) is 0 Å². The highest BCUT2D eigenvalue weighted by Crippen LogP contribution is 2.29. The van der Waals surface area contributed by atoms with Gasteiger partial charge in [0.15, 0.2) is 0 Å². The van der Waals surface area contributed by atoms with E-state index in [-0.39, 0.29) is 5.97 Å². The van der Waals surface area contributed by atoms with Crippen LogP contribution in [0, 0.1) is 6.08 Å². The lowest BCUT2D eigenvalue weighted by molar-refractivity contribution is 0.0714. The van der Waals surface area contributed by atoms with Gasteiger partial charge in [0.05, 0.1) is 5.56 Å². The first kappa shape index (κ1) is 11.9. The fourth-order valence-corrected chi connectivity index (χ4v) is 1.95. The second-order valence-electron chi connectivity index (χ2n) is 4.25. The van der Waals surface area contributed by atoms with E-state index in [2.05, 4.69) is 13.0 Å². The van der Waals surface area contributed by atoms with E-state index in [0.29, 0.717) is 11.3 Å². The zero-order chi connectivity index (χ0) is 12.1. The average Bonchev–Trinajstić information content (AvgIpc) is 2.67. The standard InChI is InChI=1S/C15H17O2/c1-2-3-4-5-6-11-14-12-9-7-8-10-13(12)15(16)17-14/h7-10H,2-6H2,1H3. The van der Waals surface area contributed by atoms with E-state index in [4.69, 9.17) is 4.74 Å². The summed E-state index contributed by atoms with van der Waals surface area (Å²) in [6.07, 6.45) is 8.87. The van der Waals surface area contributed by atoms with Crippen molar-refractivity contribution < 1.29 is 9.53 Å². The SMILES string of the molecule is CCCCCC/[C]=C1\OC(=O)c2ccccc21. The van der Waals surface area contributed by atoms with E-state index in [1.54, 1.807) is 6.07 Å². The van der Waals surface area contributed by atoms with Gasteiger partial charge < -0.3 is 4.74 Å². The van der Waals surface area contributed by atoms with Gasteiger partial charge >= 0.3 is 5.97 Å². The zero-order valence-electron chi connectivity index (χ0n) is 10.2. The van der Waals surface area contributed by atoms with Gasteiger partial charge in [0.25, 0.3) is 0 Å². The number of hydrogen-bond acceptors (Lipinski definition) is 2. The number of hydrogen-bond donors (Lipinski definition) is 0. The van der Waals surface area contributed by atoms with Gasteiger partial charge in [0.1, 0.15) is 5.76 Å². The van der Waals surface area contributed by atoms with Crippen molar-refractivity contribution in [3.05, 3.63) is 41.5 Å². The topological polar surface area (TPSA) is 26.3 Å². The Morgan fingerprint density at radius 1 is 1.12 bits per heavy atom. The first-order valence-electron chi connectivity index (χ1n) is 6.25. The largest absolute Gasteiger partial charge is 0.422 e. The summed E-state index contributed by atoms with van der Waals surface area (Å²) >= 11 is 0. The third kappa shape index (κ3) is 2.76. The monoisotopic (exact) mass is 229 g/mol. The Bertz CT molecular complexity index is 432. The van der Waals surface area contributed by atoms with E-state index >= 15 is 0 Å². The van der Waals surface area contributed by atoms with Crippen LogP contribution in [-0.4, -0.2) is 5.97 Å². The summed E-state index contributed by atoms with van der Waals surface area (Å²) in [6, 6.07) is 7.47. The lowest BCUT2D eigenvalue weighted by Crippen LogP contribution is -1.92. The van der Waals surface area contributed by atoms with E-state index < -0.39 is 0 Å². The van der Waals surface area contributed by atoms with Crippen LogP contribution in [-0.2, 0) is 4.74 Å². The second kappa shape index (κ2) is 5.67. The smallest absolute Gasteiger partial charge is 0.344 e. The third-order valence-corrected chi connectivity index (χ3v) is 2.90. The molecule has 1 aromatic carbocycles. The van der Waals surface area contributed by atoms with E-state index in [1.807, 2.05) is 18.2 Å². The number of carbonyl (C=O) groups excluding carboxylic acids is 1. The maximum Gasteiger partial charge on any atom is 0.344 e. The molecule has 0 N–H and O–H groups in total. The molecular weight excluding hydrogens is 212 g/mol. The summed E-state index contributed by atoms with van der Waals surface area (Å²) in [5, 5.41) is 0. The van der Waals surface area contributed by atoms with Gasteiger partial charge in [-0.1, -0.05) is 44.4 Å². The van der Waals surface area contributed by atoms with Crippen molar-refractivity contribution in [1.82, 2.24) is 0 Å². The molecule has 0 atom stereocenters. The van der Waals surface area contributed by atoms with Crippen LogP contribution >= 0.6 is 0 Å². The molecule has 0 spiro atoms. The van der Waals surface area contributed by atoms with E-state index in [1.165, 1.54) is 19.3 Å². The van der Waals surface area contributed by atoms with Crippen LogP contribution in [0.4, 0.5) is 0 Å². The molecule has 2 rings (SSSR count). The molecule has 0 aliphatic carbocycles. The highest BCUT2D eigenvalue weighted by molar-refractivity contribution is 6.02. The first-order chi connectivity index (χ1) is 8.33. The predicted octanol–water partition coefficient (Wildman–Crippen LogP) is 3.97. The first-order valence-corrected chi connectivity index (χ1v) is 6.25. The quantitative estimate of drug-likeness (QED) is 0.564. The minimum Gasteiger partial charge on any atom is -0.422 e. The summed E-state index contributed by atoms with van der Waals surface area (Å²) in [6.45, 7) is 2.19. The number of allylic oxidation sites excluding steroid dienone is 1. The predicted molar refractivity (Wildman–Crippen MR) is 67.3 cm³/mol. The van der Waals surface area contributed by atoms with Gasteiger partial charge in [-0.2, -0.15) is 0 Å². The van der Waals surface area contributed by atoms with Crippen molar-refractivity contribution in [1.29, 1.82) is 0 Å². The van der Waals surface area contributed by atoms with Crippen molar-refractivity contribution in [3.63, 3.8) is 0 Å². The fourth-order valence-electron chi connectivity index (χ4n) is 1.95. The second-order valence-corrected chi connectivity index (χ2v) is 4.25. The van der Waals surface area contributed by atoms with Crippen LogP contribution in [0.15, 0.2) is 24.3 Å². The number of cyclic esters (lactones) is 1. The number of rotatable bonds is 5. The van der Waals surface area contributed by atoms with Crippen molar-refractivity contribution in [2.75, 3.05) is 0 Å². The molecule has 2 heteroatoms. The third-order valence-electron chi connectivity index (χ3n) is 2.90. The number of fused-ring (bicyclic) bond motifs is 1. The van der Waals surface area contributed by atoms with Crippen LogP contribution < -0.4 is 0 Å².